The summed E-state index contributed by atoms with van der Waals surface area (Å²) in [6.45, 7) is 3.94. The Kier molecular flexibility index (Phi) is 5.63. The molecule has 0 spiro atoms. The van der Waals surface area contributed by atoms with Crippen molar-refractivity contribution < 1.29 is 13.9 Å². The summed E-state index contributed by atoms with van der Waals surface area (Å²) < 4.78 is 11.1. The van der Waals surface area contributed by atoms with Crippen LogP contribution in [-0.2, 0) is 11.2 Å². The van der Waals surface area contributed by atoms with Crippen LogP contribution in [-0.4, -0.2) is 22.7 Å². The Morgan fingerprint density at radius 1 is 1.12 bits per heavy atom. The van der Waals surface area contributed by atoms with Crippen LogP contribution >= 0.6 is 0 Å². The number of nitrogens with zero attached hydrogens (tertiary/aromatic N) is 2. The maximum atomic E-state index is 12.0. The Bertz CT molecular complexity index is 872. The van der Waals surface area contributed by atoms with Gasteiger partial charge in [-0.3, -0.25) is 4.79 Å². The monoisotopic (exact) mass is 351 g/mol. The summed E-state index contributed by atoms with van der Waals surface area (Å²) >= 11 is 0. The van der Waals surface area contributed by atoms with E-state index in [1.807, 2.05) is 43.3 Å². The third kappa shape index (κ3) is 4.47. The van der Waals surface area contributed by atoms with Gasteiger partial charge >= 0.3 is 0 Å². The third-order valence-corrected chi connectivity index (χ3v) is 3.82. The number of hydrogen-bond acceptors (Lipinski definition) is 5. The van der Waals surface area contributed by atoms with Crippen LogP contribution < -0.4 is 10.1 Å². The maximum absolute atomic E-state index is 12.0. The molecular weight excluding hydrogens is 330 g/mol. The Balaban J connectivity index is 1.55. The van der Waals surface area contributed by atoms with Crippen LogP contribution in [0.5, 0.6) is 5.75 Å². The molecule has 0 saturated heterocycles. The molecule has 0 saturated carbocycles. The molecular formula is C20H21N3O3. The fourth-order valence-corrected chi connectivity index (χ4v) is 2.43. The normalized spacial score (nSPS) is 10.5. The molecule has 3 aromatic rings. The van der Waals surface area contributed by atoms with Gasteiger partial charge in [-0.2, -0.15) is 0 Å². The average Bonchev–Trinajstić information content (AvgIpc) is 3.11. The van der Waals surface area contributed by atoms with E-state index < -0.39 is 0 Å². The summed E-state index contributed by atoms with van der Waals surface area (Å²) in [7, 11) is 0. The van der Waals surface area contributed by atoms with E-state index in [-0.39, 0.29) is 12.5 Å². The van der Waals surface area contributed by atoms with E-state index in [4.69, 9.17) is 9.15 Å². The highest BCUT2D eigenvalue weighted by Gasteiger charge is 2.09. The van der Waals surface area contributed by atoms with Crippen LogP contribution in [0.3, 0.4) is 0 Å². The van der Waals surface area contributed by atoms with Gasteiger partial charge in [0, 0.05) is 17.7 Å². The molecule has 0 bridgehead atoms. The van der Waals surface area contributed by atoms with Crippen LogP contribution in [0, 0.1) is 6.92 Å². The number of nitrogens with one attached hydrogen (secondary N) is 1. The Hall–Kier alpha value is -3.15. The summed E-state index contributed by atoms with van der Waals surface area (Å²) in [5.41, 5.74) is 2.61. The number of carbonyl (C=O) groups is 1. The van der Waals surface area contributed by atoms with Crippen LogP contribution in [0.25, 0.3) is 11.5 Å². The molecule has 0 aliphatic carbocycles. The van der Waals surface area contributed by atoms with Gasteiger partial charge in [0.05, 0.1) is 0 Å². The predicted octanol–water partition coefficient (Wildman–Crippen LogP) is 4.02. The molecule has 0 radical (unpaired) electrons. The lowest BCUT2D eigenvalue weighted by Gasteiger charge is -2.09. The van der Waals surface area contributed by atoms with E-state index in [0.29, 0.717) is 17.5 Å². The molecule has 1 amide bonds. The number of para-hydroxylation sites is 1. The molecule has 0 atom stereocenters. The van der Waals surface area contributed by atoms with E-state index in [9.17, 15) is 4.79 Å². The SMILES string of the molecule is CCCc1nnc(-c2ccc(OCC(=O)Nc3ccccc3C)cc2)o1. The van der Waals surface area contributed by atoms with E-state index in [1.165, 1.54) is 0 Å². The first kappa shape index (κ1) is 17.7. The molecule has 0 unspecified atom stereocenters. The molecule has 1 N–H and O–H groups in total. The van der Waals surface area contributed by atoms with Crippen molar-refractivity contribution in [3.8, 4) is 17.2 Å². The first-order valence-corrected chi connectivity index (χ1v) is 8.57. The molecule has 2 aromatic carbocycles. The van der Waals surface area contributed by atoms with Crippen molar-refractivity contribution in [3.63, 3.8) is 0 Å². The zero-order valence-electron chi connectivity index (χ0n) is 14.9. The minimum absolute atomic E-state index is 0.0606. The van der Waals surface area contributed by atoms with E-state index in [0.717, 1.165) is 29.7 Å². The van der Waals surface area contributed by atoms with Gasteiger partial charge in [-0.25, -0.2) is 0 Å². The number of carbonyl (C=O) groups excluding carboxylic acids is 1. The summed E-state index contributed by atoms with van der Waals surface area (Å²) in [5, 5.41) is 10.9. The number of aromatic nitrogens is 2. The second kappa shape index (κ2) is 8.29. The number of aryl methyl sites for hydroxylation is 2. The van der Waals surface area contributed by atoms with Crippen molar-refractivity contribution in [3.05, 3.63) is 60.0 Å². The van der Waals surface area contributed by atoms with Crippen molar-refractivity contribution in [1.29, 1.82) is 0 Å². The predicted molar refractivity (Wildman–Crippen MR) is 99.0 cm³/mol. The number of benzene rings is 2. The van der Waals surface area contributed by atoms with Crippen molar-refractivity contribution in [2.45, 2.75) is 26.7 Å². The van der Waals surface area contributed by atoms with Gasteiger partial charge in [0.1, 0.15) is 5.75 Å². The molecule has 26 heavy (non-hydrogen) atoms. The minimum atomic E-state index is -0.204. The molecule has 1 heterocycles. The first-order chi connectivity index (χ1) is 12.7. The summed E-state index contributed by atoms with van der Waals surface area (Å²) in [5.74, 6) is 1.51. The fraction of sp³-hybridized carbons (Fsp3) is 0.250. The Morgan fingerprint density at radius 2 is 1.88 bits per heavy atom. The molecule has 1 aromatic heterocycles. The smallest absolute Gasteiger partial charge is 0.262 e. The quantitative estimate of drug-likeness (QED) is 0.696. The molecule has 3 rings (SSSR count). The van der Waals surface area contributed by atoms with Crippen molar-refractivity contribution in [1.82, 2.24) is 10.2 Å². The summed E-state index contributed by atoms with van der Waals surface area (Å²) in [4.78, 5) is 12.0. The number of anilines is 1. The standard InChI is InChI=1S/C20H21N3O3/c1-3-6-19-22-23-20(26-19)15-9-11-16(12-10-15)25-13-18(24)21-17-8-5-4-7-14(17)2/h4-5,7-12H,3,6,13H2,1-2H3,(H,21,24). The third-order valence-electron chi connectivity index (χ3n) is 3.82. The first-order valence-electron chi connectivity index (χ1n) is 8.57. The fourth-order valence-electron chi connectivity index (χ4n) is 2.43. The number of ether oxygens (including phenoxy) is 1. The number of amides is 1. The molecule has 6 heteroatoms. The van der Waals surface area contributed by atoms with Crippen molar-refractivity contribution in [2.24, 2.45) is 0 Å². The van der Waals surface area contributed by atoms with Gasteiger partial charge in [-0.1, -0.05) is 25.1 Å². The highest BCUT2D eigenvalue weighted by Crippen LogP contribution is 2.22. The zero-order chi connectivity index (χ0) is 18.4. The van der Waals surface area contributed by atoms with Crippen LogP contribution in [0.1, 0.15) is 24.8 Å². The lowest BCUT2D eigenvalue weighted by atomic mass is 10.2. The van der Waals surface area contributed by atoms with Gasteiger partial charge in [0.2, 0.25) is 11.8 Å². The van der Waals surface area contributed by atoms with Gasteiger partial charge in [-0.05, 0) is 49.2 Å². The van der Waals surface area contributed by atoms with Crippen LogP contribution in [0.4, 0.5) is 5.69 Å². The minimum Gasteiger partial charge on any atom is -0.484 e. The van der Waals surface area contributed by atoms with Gasteiger partial charge in [0.15, 0.2) is 6.61 Å². The number of rotatable bonds is 7. The maximum Gasteiger partial charge on any atom is 0.262 e. The molecule has 6 nitrogen and oxygen atoms in total. The topological polar surface area (TPSA) is 77.2 Å². The van der Waals surface area contributed by atoms with Gasteiger partial charge < -0.3 is 14.5 Å². The Labute approximate surface area is 152 Å². The molecule has 134 valence electrons. The molecule has 0 aliphatic heterocycles. The van der Waals surface area contributed by atoms with Crippen molar-refractivity contribution in [2.75, 3.05) is 11.9 Å². The van der Waals surface area contributed by atoms with Crippen LogP contribution in [0.2, 0.25) is 0 Å². The molecule has 0 fully saturated rings. The largest absolute Gasteiger partial charge is 0.484 e. The van der Waals surface area contributed by atoms with Gasteiger partial charge in [-0.15, -0.1) is 10.2 Å². The lowest BCUT2D eigenvalue weighted by Crippen LogP contribution is -2.20. The lowest BCUT2D eigenvalue weighted by molar-refractivity contribution is -0.118. The highest BCUT2D eigenvalue weighted by molar-refractivity contribution is 5.92. The van der Waals surface area contributed by atoms with Crippen molar-refractivity contribution >= 4 is 11.6 Å². The average molecular weight is 351 g/mol. The summed E-state index contributed by atoms with van der Waals surface area (Å²) in [6.07, 6.45) is 1.73. The van der Waals surface area contributed by atoms with E-state index >= 15 is 0 Å². The second-order valence-corrected chi connectivity index (χ2v) is 5.93. The Morgan fingerprint density at radius 3 is 2.62 bits per heavy atom. The molecule has 0 aliphatic rings. The zero-order valence-corrected chi connectivity index (χ0v) is 14.9. The van der Waals surface area contributed by atoms with E-state index in [1.54, 1.807) is 12.1 Å². The van der Waals surface area contributed by atoms with Gasteiger partial charge in [0.25, 0.3) is 5.91 Å². The van der Waals surface area contributed by atoms with E-state index in [2.05, 4.69) is 22.4 Å². The number of hydrogen-bond donors (Lipinski definition) is 1. The van der Waals surface area contributed by atoms with Crippen LogP contribution in [0.15, 0.2) is 52.9 Å². The highest BCUT2D eigenvalue weighted by atomic mass is 16.5. The summed E-state index contributed by atoms with van der Waals surface area (Å²) in [6, 6.07) is 14.8. The second-order valence-electron chi connectivity index (χ2n) is 5.93.